The molecule has 9 nitrogen and oxygen atoms in total. The summed E-state index contributed by atoms with van der Waals surface area (Å²) in [6, 6.07) is 5.18. The fourth-order valence-corrected chi connectivity index (χ4v) is 4.54. The summed E-state index contributed by atoms with van der Waals surface area (Å²) in [6.45, 7) is 0.662. The number of nitrogens with one attached hydrogen (secondary N) is 1. The first-order valence-corrected chi connectivity index (χ1v) is 11.1. The van der Waals surface area contributed by atoms with E-state index < -0.39 is 24.9 Å². The molecule has 0 fully saturated rings. The largest absolute Gasteiger partial charge is 0.375 e. The molecule has 182 valence electrons. The SMILES string of the molecule is N#Cc1cc(NC(=O)N2CCc3nn4c(c3C2)-c2nocc2C[C@H](COCC(F)F)C4)ccc1F. The molecule has 2 amide bonds. The molecule has 1 N–H and O–H groups in total. The number of ether oxygens (including phenoxy) is 1. The third-order valence-electron chi connectivity index (χ3n) is 6.13. The van der Waals surface area contributed by atoms with E-state index in [4.69, 9.17) is 19.6 Å². The Morgan fingerprint density at radius 1 is 1.40 bits per heavy atom. The number of benzene rings is 1. The maximum absolute atomic E-state index is 13.6. The Hall–Kier alpha value is -3.85. The molecule has 35 heavy (non-hydrogen) atoms. The zero-order chi connectivity index (χ0) is 24.5. The summed E-state index contributed by atoms with van der Waals surface area (Å²) in [5.41, 5.74) is 4.03. The summed E-state index contributed by atoms with van der Waals surface area (Å²) >= 11 is 0. The van der Waals surface area contributed by atoms with Gasteiger partial charge in [0.15, 0.2) is 0 Å². The number of amides is 2. The van der Waals surface area contributed by atoms with Gasteiger partial charge in [0, 0.05) is 42.2 Å². The van der Waals surface area contributed by atoms with E-state index in [1.54, 1.807) is 21.9 Å². The van der Waals surface area contributed by atoms with E-state index in [1.807, 2.05) is 0 Å². The molecular weight excluding hydrogens is 465 g/mol. The molecule has 2 aliphatic rings. The van der Waals surface area contributed by atoms with Crippen molar-refractivity contribution in [3.8, 4) is 17.5 Å². The van der Waals surface area contributed by atoms with Gasteiger partial charge in [0.2, 0.25) is 0 Å². The monoisotopic (exact) mass is 486 g/mol. The molecule has 0 bridgehead atoms. The average Bonchev–Trinajstić information content (AvgIpc) is 3.39. The lowest BCUT2D eigenvalue weighted by molar-refractivity contribution is 0.00164. The van der Waals surface area contributed by atoms with Crippen molar-refractivity contribution in [1.29, 1.82) is 5.26 Å². The number of nitrogens with zero attached hydrogens (tertiary/aromatic N) is 5. The number of urea groups is 1. The standard InChI is InChI=1S/C23H21F3N6O3/c24-18-2-1-16(6-14(18)7-27)28-23(33)31-4-3-19-17(9-31)22-21-15(11-35-30-21)5-13(8-32(22)29-19)10-34-12-20(25)26/h1-2,6,11,13,20H,3-5,8-10,12H2,(H,28,33)/t13-/m0/s1. The zero-order valence-electron chi connectivity index (χ0n) is 18.5. The fraction of sp³-hybridized carbons (Fsp3) is 0.391. The molecule has 0 spiro atoms. The molecule has 0 unspecified atom stereocenters. The van der Waals surface area contributed by atoms with Crippen molar-refractivity contribution in [3.05, 3.63) is 52.7 Å². The molecule has 2 aliphatic heterocycles. The number of rotatable bonds is 5. The van der Waals surface area contributed by atoms with Gasteiger partial charge in [0.05, 0.1) is 30.1 Å². The molecule has 0 saturated heterocycles. The van der Waals surface area contributed by atoms with Crippen LogP contribution in [0, 0.1) is 23.1 Å². The van der Waals surface area contributed by atoms with Gasteiger partial charge in [0.25, 0.3) is 6.43 Å². The number of hydrogen-bond donors (Lipinski definition) is 1. The highest BCUT2D eigenvalue weighted by molar-refractivity contribution is 5.90. The quantitative estimate of drug-likeness (QED) is 0.590. The van der Waals surface area contributed by atoms with Gasteiger partial charge in [-0.15, -0.1) is 0 Å². The Kier molecular flexibility index (Phi) is 6.17. The van der Waals surface area contributed by atoms with Crippen molar-refractivity contribution in [2.45, 2.75) is 32.4 Å². The van der Waals surface area contributed by atoms with E-state index in [-0.39, 0.29) is 24.6 Å². The van der Waals surface area contributed by atoms with Crippen LogP contribution in [0.2, 0.25) is 0 Å². The molecule has 3 aromatic rings. The molecule has 12 heteroatoms. The summed E-state index contributed by atoms with van der Waals surface area (Å²) in [7, 11) is 0. The van der Waals surface area contributed by atoms with Crippen molar-refractivity contribution in [1.82, 2.24) is 19.8 Å². The van der Waals surface area contributed by atoms with Crippen LogP contribution in [0.4, 0.5) is 23.7 Å². The van der Waals surface area contributed by atoms with Crippen LogP contribution in [0.15, 0.2) is 29.0 Å². The smallest absolute Gasteiger partial charge is 0.322 e. The molecule has 0 aliphatic carbocycles. The lowest BCUT2D eigenvalue weighted by Crippen LogP contribution is -2.38. The molecule has 1 aromatic carbocycles. The molecule has 4 heterocycles. The minimum atomic E-state index is -2.53. The minimum absolute atomic E-state index is 0.0956. The third-order valence-corrected chi connectivity index (χ3v) is 6.13. The van der Waals surface area contributed by atoms with Gasteiger partial charge in [-0.3, -0.25) is 4.68 Å². The third kappa shape index (κ3) is 4.59. The van der Waals surface area contributed by atoms with E-state index >= 15 is 0 Å². The number of carbonyl (C=O) groups is 1. The first-order valence-electron chi connectivity index (χ1n) is 11.1. The van der Waals surface area contributed by atoms with Crippen LogP contribution < -0.4 is 5.32 Å². The molecule has 2 aromatic heterocycles. The first-order chi connectivity index (χ1) is 16.9. The molecule has 1 atom stereocenters. The Bertz CT molecular complexity index is 1300. The van der Waals surface area contributed by atoms with Crippen molar-refractivity contribution in [3.63, 3.8) is 0 Å². The zero-order valence-corrected chi connectivity index (χ0v) is 18.5. The first kappa shape index (κ1) is 22.9. The normalized spacial score (nSPS) is 16.8. The van der Waals surface area contributed by atoms with E-state index in [2.05, 4.69) is 10.5 Å². The van der Waals surface area contributed by atoms with Gasteiger partial charge in [0.1, 0.15) is 30.5 Å². The van der Waals surface area contributed by atoms with Gasteiger partial charge in [-0.2, -0.15) is 10.4 Å². The van der Waals surface area contributed by atoms with Gasteiger partial charge >= 0.3 is 6.03 Å². The summed E-state index contributed by atoms with van der Waals surface area (Å²) in [4.78, 5) is 14.5. The predicted octanol–water partition coefficient (Wildman–Crippen LogP) is 3.59. The molecule has 0 saturated carbocycles. The van der Waals surface area contributed by atoms with E-state index in [1.165, 1.54) is 12.1 Å². The summed E-state index contributed by atoms with van der Waals surface area (Å²) < 4.78 is 50.8. The summed E-state index contributed by atoms with van der Waals surface area (Å²) in [5, 5.41) is 20.6. The lowest BCUT2D eigenvalue weighted by Gasteiger charge is -2.27. The van der Waals surface area contributed by atoms with Gasteiger partial charge in [-0.25, -0.2) is 18.0 Å². The number of aromatic nitrogens is 3. The van der Waals surface area contributed by atoms with Gasteiger partial charge < -0.3 is 19.5 Å². The topological polar surface area (TPSA) is 109 Å². The average molecular weight is 486 g/mol. The van der Waals surface area contributed by atoms with Crippen molar-refractivity contribution < 1.29 is 27.2 Å². The number of carbonyl (C=O) groups excluding carboxylic acids is 1. The highest BCUT2D eigenvalue weighted by atomic mass is 19.3. The van der Waals surface area contributed by atoms with Gasteiger partial charge in [-0.05, 0) is 24.6 Å². The number of fused-ring (bicyclic) bond motifs is 5. The van der Waals surface area contributed by atoms with Crippen LogP contribution in [0.25, 0.3) is 11.4 Å². The summed E-state index contributed by atoms with van der Waals surface area (Å²) in [6.07, 6.45) is 0.0584. The highest BCUT2D eigenvalue weighted by Gasteiger charge is 2.33. The lowest BCUT2D eigenvalue weighted by atomic mass is 9.99. The van der Waals surface area contributed by atoms with Crippen LogP contribution in [0.3, 0.4) is 0 Å². The predicted molar refractivity (Wildman–Crippen MR) is 116 cm³/mol. The number of hydrogen-bond acceptors (Lipinski definition) is 6. The fourth-order valence-electron chi connectivity index (χ4n) is 4.54. The number of halogens is 3. The van der Waals surface area contributed by atoms with Gasteiger partial charge in [-0.1, -0.05) is 5.16 Å². The molecule has 5 rings (SSSR count). The highest BCUT2D eigenvalue weighted by Crippen LogP contribution is 2.36. The number of alkyl halides is 2. The van der Waals surface area contributed by atoms with Crippen LogP contribution in [0.5, 0.6) is 0 Å². The van der Waals surface area contributed by atoms with Crippen LogP contribution in [0.1, 0.15) is 22.4 Å². The minimum Gasteiger partial charge on any atom is -0.375 e. The maximum atomic E-state index is 13.6. The second-order valence-corrected chi connectivity index (χ2v) is 8.55. The van der Waals surface area contributed by atoms with E-state index in [9.17, 15) is 18.0 Å². The Morgan fingerprint density at radius 2 is 2.26 bits per heavy atom. The molecular formula is C23H21F3N6O3. The Labute approximate surface area is 198 Å². The van der Waals surface area contributed by atoms with E-state index in [0.717, 1.165) is 28.6 Å². The van der Waals surface area contributed by atoms with Crippen LogP contribution >= 0.6 is 0 Å². The van der Waals surface area contributed by atoms with Crippen molar-refractivity contribution in [2.24, 2.45) is 5.92 Å². The maximum Gasteiger partial charge on any atom is 0.322 e. The van der Waals surface area contributed by atoms with E-state index in [0.29, 0.717) is 37.3 Å². The number of nitriles is 1. The Morgan fingerprint density at radius 3 is 3.06 bits per heavy atom. The second kappa shape index (κ2) is 9.42. The Balaban J connectivity index is 1.37. The number of anilines is 1. The van der Waals surface area contributed by atoms with Crippen LogP contribution in [-0.4, -0.2) is 52.1 Å². The van der Waals surface area contributed by atoms with Crippen molar-refractivity contribution in [2.75, 3.05) is 25.1 Å². The second-order valence-electron chi connectivity index (χ2n) is 8.55. The van der Waals surface area contributed by atoms with Crippen LogP contribution in [-0.2, 0) is 30.7 Å². The van der Waals surface area contributed by atoms with Crippen molar-refractivity contribution >= 4 is 11.7 Å². The summed E-state index contributed by atoms with van der Waals surface area (Å²) in [5.74, 6) is -0.751. The molecule has 0 radical (unpaired) electrons.